The number of benzene rings is 1. The van der Waals surface area contributed by atoms with Gasteiger partial charge in [0.05, 0.1) is 13.7 Å². The van der Waals surface area contributed by atoms with Gasteiger partial charge in [-0.25, -0.2) is 9.78 Å². The lowest BCUT2D eigenvalue weighted by atomic mass is 9.84. The fourth-order valence-corrected chi connectivity index (χ4v) is 3.24. The van der Waals surface area contributed by atoms with Crippen LogP contribution >= 0.6 is 0 Å². The highest BCUT2D eigenvalue weighted by atomic mass is 16.5. The Morgan fingerprint density at radius 3 is 2.41 bits per heavy atom. The van der Waals surface area contributed by atoms with Crippen molar-refractivity contribution in [2.24, 2.45) is 0 Å². The maximum absolute atomic E-state index is 13.1. The molecule has 6 nitrogen and oxygen atoms in total. The lowest BCUT2D eigenvalue weighted by Crippen LogP contribution is -2.40. The van der Waals surface area contributed by atoms with Crippen LogP contribution < -0.4 is 10.1 Å². The summed E-state index contributed by atoms with van der Waals surface area (Å²) >= 11 is 0. The molecule has 2 aromatic rings. The Kier molecular flexibility index (Phi) is 4.68. The number of methoxy groups -OCH3 is 1. The summed E-state index contributed by atoms with van der Waals surface area (Å²) in [4.78, 5) is 31.0. The molecule has 142 valence electrons. The van der Waals surface area contributed by atoms with E-state index in [0.29, 0.717) is 11.4 Å². The number of carbonyl (C=O) groups is 2. The van der Waals surface area contributed by atoms with Gasteiger partial charge in [-0.15, -0.1) is 0 Å². The molecule has 1 saturated heterocycles. The van der Waals surface area contributed by atoms with Gasteiger partial charge in [-0.1, -0.05) is 51.1 Å². The molecule has 6 heteroatoms. The van der Waals surface area contributed by atoms with Crippen LogP contribution in [-0.4, -0.2) is 28.9 Å². The van der Waals surface area contributed by atoms with Crippen LogP contribution in [0.2, 0.25) is 0 Å². The molecular weight excluding hydrogens is 342 g/mol. The average molecular weight is 367 g/mol. The van der Waals surface area contributed by atoms with Crippen LogP contribution in [0.1, 0.15) is 44.4 Å². The third kappa shape index (κ3) is 3.39. The van der Waals surface area contributed by atoms with Gasteiger partial charge >= 0.3 is 6.03 Å². The van der Waals surface area contributed by atoms with E-state index in [1.807, 2.05) is 24.3 Å². The molecule has 3 rings (SSSR count). The number of nitrogens with zero attached hydrogens (tertiary/aromatic N) is 2. The monoisotopic (exact) mass is 367 g/mol. The molecule has 1 atom stereocenters. The second kappa shape index (κ2) is 6.68. The average Bonchev–Trinajstić information content (AvgIpc) is 2.86. The number of imide groups is 1. The molecule has 0 radical (unpaired) electrons. The topological polar surface area (TPSA) is 71.5 Å². The summed E-state index contributed by atoms with van der Waals surface area (Å²) in [5.74, 6) is 0.114. The van der Waals surface area contributed by atoms with E-state index in [4.69, 9.17) is 4.74 Å². The predicted molar refractivity (Wildman–Crippen MR) is 102 cm³/mol. The second-order valence-corrected chi connectivity index (χ2v) is 7.95. The summed E-state index contributed by atoms with van der Waals surface area (Å²) < 4.78 is 5.23. The van der Waals surface area contributed by atoms with Gasteiger partial charge in [0.2, 0.25) is 5.88 Å². The van der Waals surface area contributed by atoms with Crippen molar-refractivity contribution in [3.05, 3.63) is 59.3 Å². The van der Waals surface area contributed by atoms with Crippen molar-refractivity contribution in [2.75, 3.05) is 7.11 Å². The molecule has 0 aliphatic carbocycles. The van der Waals surface area contributed by atoms with Gasteiger partial charge in [-0.3, -0.25) is 9.69 Å². The zero-order chi connectivity index (χ0) is 19.8. The number of hydrogen-bond donors (Lipinski definition) is 1. The van der Waals surface area contributed by atoms with Gasteiger partial charge in [0, 0.05) is 11.8 Å². The van der Waals surface area contributed by atoms with E-state index < -0.39 is 11.6 Å². The number of carbonyl (C=O) groups excluding carboxylic acids is 2. The number of ether oxygens (including phenoxy) is 1. The number of aromatic nitrogens is 1. The van der Waals surface area contributed by atoms with Crippen molar-refractivity contribution < 1.29 is 14.3 Å². The van der Waals surface area contributed by atoms with E-state index in [2.05, 4.69) is 31.1 Å². The van der Waals surface area contributed by atoms with Gasteiger partial charge in [0.25, 0.3) is 5.91 Å². The van der Waals surface area contributed by atoms with E-state index >= 15 is 0 Å². The van der Waals surface area contributed by atoms with E-state index in [9.17, 15) is 9.59 Å². The minimum atomic E-state index is -1.09. The predicted octanol–water partition coefficient (Wildman–Crippen LogP) is 3.35. The quantitative estimate of drug-likeness (QED) is 0.841. The zero-order valence-electron chi connectivity index (χ0n) is 16.4. The third-order valence-corrected chi connectivity index (χ3v) is 4.98. The minimum absolute atomic E-state index is 0.0191. The molecule has 1 aromatic heterocycles. The summed E-state index contributed by atoms with van der Waals surface area (Å²) in [5, 5.41) is 2.84. The van der Waals surface area contributed by atoms with Crippen LogP contribution in [0.25, 0.3) is 0 Å². The van der Waals surface area contributed by atoms with Crippen LogP contribution in [-0.2, 0) is 22.3 Å². The van der Waals surface area contributed by atoms with E-state index in [1.165, 1.54) is 17.6 Å². The van der Waals surface area contributed by atoms with Crippen molar-refractivity contribution in [1.82, 2.24) is 15.2 Å². The molecule has 27 heavy (non-hydrogen) atoms. The molecular formula is C21H25N3O3. The number of nitrogens with one attached hydrogen (secondary N) is 1. The van der Waals surface area contributed by atoms with Gasteiger partial charge < -0.3 is 10.1 Å². The number of hydrogen-bond acceptors (Lipinski definition) is 4. The Balaban J connectivity index is 1.88. The molecule has 3 amide bonds. The van der Waals surface area contributed by atoms with Crippen LogP contribution in [0, 0.1) is 0 Å². The van der Waals surface area contributed by atoms with Crippen molar-refractivity contribution in [3.8, 4) is 5.88 Å². The number of urea groups is 1. The first kappa shape index (κ1) is 18.9. The van der Waals surface area contributed by atoms with Crippen molar-refractivity contribution in [2.45, 2.75) is 45.2 Å². The Labute approximate surface area is 159 Å². The summed E-state index contributed by atoms with van der Waals surface area (Å²) in [6.07, 6.45) is 1.61. The molecule has 2 heterocycles. The molecule has 1 aromatic carbocycles. The Morgan fingerprint density at radius 2 is 1.81 bits per heavy atom. The zero-order valence-corrected chi connectivity index (χ0v) is 16.4. The SMILES string of the molecule is COc1ncccc1CN1C(=O)NC(C)(c2ccc(C(C)(C)C)cc2)C1=O. The Hall–Kier alpha value is -2.89. The molecule has 1 unspecified atom stereocenters. The molecule has 1 aliphatic heterocycles. The summed E-state index contributed by atoms with van der Waals surface area (Å²) in [6.45, 7) is 8.25. The van der Waals surface area contributed by atoms with Gasteiger partial charge in [0.1, 0.15) is 5.54 Å². The van der Waals surface area contributed by atoms with E-state index in [0.717, 1.165) is 5.56 Å². The lowest BCUT2D eigenvalue weighted by molar-refractivity contribution is -0.131. The van der Waals surface area contributed by atoms with E-state index in [1.54, 1.807) is 25.3 Å². The highest BCUT2D eigenvalue weighted by Gasteiger charge is 2.49. The number of pyridine rings is 1. The highest BCUT2D eigenvalue weighted by Crippen LogP contribution is 2.32. The van der Waals surface area contributed by atoms with Gasteiger partial charge in [0.15, 0.2) is 0 Å². The summed E-state index contributed by atoms with van der Waals surface area (Å²) in [5.41, 5.74) is 1.53. The minimum Gasteiger partial charge on any atom is -0.481 e. The molecule has 1 aliphatic rings. The van der Waals surface area contributed by atoms with Crippen LogP contribution in [0.4, 0.5) is 4.79 Å². The highest BCUT2D eigenvalue weighted by molar-refractivity contribution is 6.07. The first-order valence-electron chi connectivity index (χ1n) is 8.90. The number of amides is 3. The largest absolute Gasteiger partial charge is 0.481 e. The molecule has 1 fully saturated rings. The molecule has 0 bridgehead atoms. The van der Waals surface area contributed by atoms with Crippen molar-refractivity contribution in [3.63, 3.8) is 0 Å². The summed E-state index contributed by atoms with van der Waals surface area (Å²) in [6, 6.07) is 11.0. The van der Waals surface area contributed by atoms with Gasteiger partial charge in [-0.2, -0.15) is 0 Å². The summed E-state index contributed by atoms with van der Waals surface area (Å²) in [7, 11) is 1.51. The Morgan fingerprint density at radius 1 is 1.15 bits per heavy atom. The van der Waals surface area contributed by atoms with Crippen molar-refractivity contribution in [1.29, 1.82) is 0 Å². The maximum Gasteiger partial charge on any atom is 0.325 e. The van der Waals surface area contributed by atoms with E-state index in [-0.39, 0.29) is 17.9 Å². The number of rotatable bonds is 4. The first-order chi connectivity index (χ1) is 12.7. The smallest absolute Gasteiger partial charge is 0.325 e. The molecule has 1 N–H and O–H groups in total. The standard InChI is InChI=1S/C21H25N3O3/c1-20(2,3)15-8-10-16(11-9-15)21(4)18(25)24(19(26)23-21)13-14-7-6-12-22-17(14)27-5/h6-12H,13H2,1-5H3,(H,23,26). The van der Waals surface area contributed by atoms with Gasteiger partial charge in [-0.05, 0) is 29.5 Å². The third-order valence-electron chi connectivity index (χ3n) is 4.98. The van der Waals surface area contributed by atoms with Crippen molar-refractivity contribution >= 4 is 11.9 Å². The molecule has 0 saturated carbocycles. The Bertz CT molecular complexity index is 871. The van der Waals surface area contributed by atoms with Crippen LogP contribution in [0.3, 0.4) is 0 Å². The van der Waals surface area contributed by atoms with Crippen LogP contribution in [0.5, 0.6) is 5.88 Å². The molecule has 0 spiro atoms. The lowest BCUT2D eigenvalue weighted by Gasteiger charge is -2.24. The second-order valence-electron chi connectivity index (χ2n) is 7.95. The normalized spacial score (nSPS) is 20.0. The fourth-order valence-electron chi connectivity index (χ4n) is 3.24. The van der Waals surface area contributed by atoms with Crippen LogP contribution in [0.15, 0.2) is 42.6 Å². The fraction of sp³-hybridized carbons (Fsp3) is 0.381. The maximum atomic E-state index is 13.1. The first-order valence-corrected chi connectivity index (χ1v) is 8.90.